The number of rotatable bonds is 2. The van der Waals surface area contributed by atoms with E-state index in [9.17, 15) is 5.26 Å². The molecule has 0 bridgehead atoms. The van der Waals surface area contributed by atoms with Gasteiger partial charge in [-0.15, -0.1) is 0 Å². The van der Waals surface area contributed by atoms with Crippen molar-refractivity contribution in [1.82, 2.24) is 4.73 Å². The molecule has 1 heterocycles. The van der Waals surface area contributed by atoms with Crippen molar-refractivity contribution in [2.45, 2.75) is 33.1 Å². The predicted molar refractivity (Wildman–Crippen MR) is 76.9 cm³/mol. The van der Waals surface area contributed by atoms with E-state index in [-0.39, 0.29) is 5.41 Å². The second kappa shape index (κ2) is 4.51. The quantitative estimate of drug-likeness (QED) is 0.841. The third kappa shape index (κ3) is 2.12. The minimum absolute atomic E-state index is 0.0737. The number of aromatic nitrogens is 1. The molecule has 0 aliphatic carbocycles. The first-order valence-corrected chi connectivity index (χ1v) is 6.38. The molecule has 19 heavy (non-hydrogen) atoms. The van der Waals surface area contributed by atoms with Crippen LogP contribution >= 0.6 is 0 Å². The van der Waals surface area contributed by atoms with Gasteiger partial charge in [-0.2, -0.15) is 9.99 Å². The Morgan fingerprint density at radius 3 is 2.58 bits per heavy atom. The molecule has 0 atom stereocenters. The molecule has 0 spiro atoms. The van der Waals surface area contributed by atoms with E-state index in [1.165, 1.54) is 0 Å². The van der Waals surface area contributed by atoms with Gasteiger partial charge in [0.1, 0.15) is 12.7 Å². The van der Waals surface area contributed by atoms with Crippen LogP contribution in [0.2, 0.25) is 0 Å². The lowest BCUT2D eigenvalue weighted by molar-refractivity contribution is 0.119. The predicted octanol–water partition coefficient (Wildman–Crippen LogP) is 2.84. The molecule has 2 aromatic rings. The van der Waals surface area contributed by atoms with Crippen molar-refractivity contribution < 1.29 is 4.84 Å². The summed E-state index contributed by atoms with van der Waals surface area (Å²) in [5, 5.41) is 10.1. The molecule has 0 fully saturated rings. The van der Waals surface area contributed by atoms with Crippen molar-refractivity contribution in [3.8, 4) is 6.07 Å². The normalized spacial score (nSPS) is 11.5. The van der Waals surface area contributed by atoms with Crippen molar-refractivity contribution in [2.75, 3.05) is 12.3 Å². The molecule has 0 aliphatic rings. The molecule has 2 rings (SSSR count). The van der Waals surface area contributed by atoms with E-state index in [1.807, 2.05) is 23.8 Å². The van der Waals surface area contributed by atoms with Gasteiger partial charge in [0.15, 0.2) is 0 Å². The molecule has 2 N–H and O–H groups in total. The summed E-state index contributed by atoms with van der Waals surface area (Å²) < 4.78 is 1.82. The van der Waals surface area contributed by atoms with Gasteiger partial charge in [-0.3, -0.25) is 0 Å². The van der Waals surface area contributed by atoms with Gasteiger partial charge < -0.3 is 10.6 Å². The van der Waals surface area contributed by atoms with Crippen molar-refractivity contribution in [3.63, 3.8) is 0 Å². The smallest absolute Gasteiger partial charge is 0.112 e. The molecule has 0 radical (unpaired) electrons. The number of anilines is 1. The van der Waals surface area contributed by atoms with E-state index in [4.69, 9.17) is 10.6 Å². The molecule has 0 saturated heterocycles. The first-order valence-electron chi connectivity index (χ1n) is 6.38. The summed E-state index contributed by atoms with van der Waals surface area (Å²) in [7, 11) is 0. The van der Waals surface area contributed by atoms with Crippen molar-refractivity contribution in [3.05, 3.63) is 29.5 Å². The molecule has 1 aromatic carbocycles. The fourth-order valence-electron chi connectivity index (χ4n) is 2.19. The Morgan fingerprint density at radius 1 is 1.37 bits per heavy atom. The van der Waals surface area contributed by atoms with Crippen LogP contribution in [-0.2, 0) is 5.41 Å². The van der Waals surface area contributed by atoms with Crippen LogP contribution in [0.1, 0.15) is 39.0 Å². The SMILES string of the molecule is CCOn1c(C(C)(C)C)cc2c(C#N)c(N)ccc21. The largest absolute Gasteiger partial charge is 0.414 e. The molecule has 0 saturated carbocycles. The second-order valence-corrected chi connectivity index (χ2v) is 5.57. The average molecular weight is 257 g/mol. The standard InChI is InChI=1S/C15H19N3O/c1-5-19-18-13-7-6-12(17)11(9-16)10(13)8-14(18)15(2,3)4/h6-8H,5,17H2,1-4H3. The van der Waals surface area contributed by atoms with Gasteiger partial charge in [0.05, 0.1) is 22.5 Å². The van der Waals surface area contributed by atoms with Crippen LogP contribution in [0, 0.1) is 11.3 Å². The summed E-state index contributed by atoms with van der Waals surface area (Å²) in [6, 6.07) is 7.83. The molecule has 0 amide bonds. The van der Waals surface area contributed by atoms with E-state index in [0.717, 1.165) is 16.6 Å². The maximum absolute atomic E-state index is 9.27. The fourth-order valence-corrected chi connectivity index (χ4v) is 2.19. The summed E-state index contributed by atoms with van der Waals surface area (Å²) in [6.45, 7) is 8.87. The highest BCUT2D eigenvalue weighted by molar-refractivity contribution is 5.91. The number of nitrogens with two attached hydrogens (primary N) is 1. The van der Waals surface area contributed by atoms with Crippen molar-refractivity contribution in [2.24, 2.45) is 0 Å². The Morgan fingerprint density at radius 2 is 2.05 bits per heavy atom. The number of nitrogens with zero attached hydrogens (tertiary/aromatic N) is 2. The number of nitriles is 1. The highest BCUT2D eigenvalue weighted by Crippen LogP contribution is 2.32. The molecule has 4 nitrogen and oxygen atoms in total. The zero-order chi connectivity index (χ0) is 14.2. The number of hydrogen-bond acceptors (Lipinski definition) is 3. The molecule has 0 unspecified atom stereocenters. The van der Waals surface area contributed by atoms with E-state index >= 15 is 0 Å². The third-order valence-corrected chi connectivity index (χ3v) is 3.11. The van der Waals surface area contributed by atoms with Gasteiger partial charge in [-0.1, -0.05) is 20.8 Å². The summed E-state index contributed by atoms with van der Waals surface area (Å²) in [5.41, 5.74) is 8.73. The highest BCUT2D eigenvalue weighted by atomic mass is 16.7. The monoisotopic (exact) mass is 257 g/mol. The Balaban J connectivity index is 2.85. The summed E-state index contributed by atoms with van der Waals surface area (Å²) in [4.78, 5) is 5.72. The van der Waals surface area contributed by atoms with E-state index < -0.39 is 0 Å². The Kier molecular flexibility index (Phi) is 3.15. The lowest BCUT2D eigenvalue weighted by Crippen LogP contribution is -2.22. The van der Waals surface area contributed by atoms with Crippen molar-refractivity contribution >= 4 is 16.6 Å². The van der Waals surface area contributed by atoms with Gasteiger partial charge in [0.2, 0.25) is 0 Å². The zero-order valence-electron chi connectivity index (χ0n) is 11.8. The maximum atomic E-state index is 9.27. The minimum atomic E-state index is -0.0737. The summed E-state index contributed by atoms with van der Waals surface area (Å²) in [5.74, 6) is 0. The molecular weight excluding hydrogens is 238 g/mol. The van der Waals surface area contributed by atoms with Gasteiger partial charge in [0, 0.05) is 10.8 Å². The zero-order valence-corrected chi connectivity index (χ0v) is 11.8. The van der Waals surface area contributed by atoms with Crippen LogP contribution in [0.25, 0.3) is 10.9 Å². The molecule has 0 aliphatic heterocycles. The lowest BCUT2D eigenvalue weighted by Gasteiger charge is -2.21. The van der Waals surface area contributed by atoms with Crippen LogP contribution in [0.3, 0.4) is 0 Å². The van der Waals surface area contributed by atoms with Gasteiger partial charge in [-0.25, -0.2) is 0 Å². The first kappa shape index (κ1) is 13.3. The molecule has 4 heteroatoms. The third-order valence-electron chi connectivity index (χ3n) is 3.11. The highest BCUT2D eigenvalue weighted by Gasteiger charge is 2.23. The topological polar surface area (TPSA) is 64.0 Å². The minimum Gasteiger partial charge on any atom is -0.414 e. The van der Waals surface area contributed by atoms with Gasteiger partial charge in [0.25, 0.3) is 0 Å². The Labute approximate surface area is 113 Å². The van der Waals surface area contributed by atoms with E-state index in [2.05, 4.69) is 26.8 Å². The fraction of sp³-hybridized carbons (Fsp3) is 0.400. The van der Waals surface area contributed by atoms with Crippen LogP contribution in [0.5, 0.6) is 0 Å². The average Bonchev–Trinajstić information content (AvgIpc) is 2.68. The van der Waals surface area contributed by atoms with Crippen LogP contribution in [0.4, 0.5) is 5.69 Å². The molecular formula is C15H19N3O. The van der Waals surface area contributed by atoms with Crippen LogP contribution in [-0.4, -0.2) is 11.3 Å². The van der Waals surface area contributed by atoms with Crippen LogP contribution < -0.4 is 10.6 Å². The Hall–Kier alpha value is -2.15. The molecule has 1 aromatic heterocycles. The van der Waals surface area contributed by atoms with Gasteiger partial charge in [-0.05, 0) is 25.1 Å². The second-order valence-electron chi connectivity index (χ2n) is 5.57. The lowest BCUT2D eigenvalue weighted by atomic mass is 9.92. The van der Waals surface area contributed by atoms with Crippen molar-refractivity contribution in [1.29, 1.82) is 5.26 Å². The summed E-state index contributed by atoms with van der Waals surface area (Å²) >= 11 is 0. The first-order chi connectivity index (χ1) is 8.90. The Bertz CT molecular complexity index is 657. The summed E-state index contributed by atoms with van der Waals surface area (Å²) in [6.07, 6.45) is 0. The molecule has 100 valence electrons. The number of hydrogen-bond donors (Lipinski definition) is 1. The maximum Gasteiger partial charge on any atom is 0.112 e. The number of nitrogen functional groups attached to an aromatic ring is 1. The number of benzene rings is 1. The van der Waals surface area contributed by atoms with E-state index in [1.54, 1.807) is 6.07 Å². The van der Waals surface area contributed by atoms with Crippen LogP contribution in [0.15, 0.2) is 18.2 Å². The van der Waals surface area contributed by atoms with Gasteiger partial charge >= 0.3 is 0 Å². The number of fused-ring (bicyclic) bond motifs is 1. The van der Waals surface area contributed by atoms with E-state index in [0.29, 0.717) is 17.9 Å².